The van der Waals surface area contributed by atoms with E-state index in [4.69, 9.17) is 18.9 Å². The van der Waals surface area contributed by atoms with Crippen molar-refractivity contribution in [1.82, 2.24) is 10.6 Å². The van der Waals surface area contributed by atoms with Gasteiger partial charge in [-0.3, -0.25) is 4.79 Å². The van der Waals surface area contributed by atoms with Crippen LogP contribution in [-0.2, 0) is 23.7 Å². The van der Waals surface area contributed by atoms with Crippen LogP contribution in [0.5, 0.6) is 0 Å². The fourth-order valence-corrected chi connectivity index (χ4v) is 6.12. The monoisotopic (exact) mass is 478 g/mol. The number of allylic oxidation sites excluding steroid dienone is 1. The smallest absolute Gasteiger partial charge is 0.407 e. The van der Waals surface area contributed by atoms with Crippen LogP contribution in [0.1, 0.15) is 79.1 Å². The Labute approximate surface area is 203 Å². The quantitative estimate of drug-likeness (QED) is 0.408. The van der Waals surface area contributed by atoms with Gasteiger partial charge in [0.05, 0.1) is 18.6 Å². The fraction of sp³-hybridized carbons (Fsp3) is 0.846. The molecule has 4 rings (SSSR count). The van der Waals surface area contributed by atoms with E-state index in [1.54, 1.807) is 7.11 Å². The van der Waals surface area contributed by atoms with Gasteiger partial charge in [0.2, 0.25) is 5.91 Å². The molecular formula is C26H42N2O6. The summed E-state index contributed by atoms with van der Waals surface area (Å²) in [4.78, 5) is 24.4. The number of rotatable bonds is 8. The Hall–Kier alpha value is -1.64. The van der Waals surface area contributed by atoms with Gasteiger partial charge in [0.25, 0.3) is 0 Å². The van der Waals surface area contributed by atoms with Crippen LogP contribution in [0, 0.1) is 5.92 Å². The van der Waals surface area contributed by atoms with Crippen molar-refractivity contribution in [3.8, 4) is 0 Å². The lowest BCUT2D eigenvalue weighted by atomic mass is 9.68. The van der Waals surface area contributed by atoms with E-state index in [9.17, 15) is 9.59 Å². The minimum absolute atomic E-state index is 0.0183. The number of amides is 2. The van der Waals surface area contributed by atoms with Crippen molar-refractivity contribution >= 4 is 12.0 Å². The van der Waals surface area contributed by atoms with Gasteiger partial charge in [-0.1, -0.05) is 18.6 Å². The molecule has 4 fully saturated rings. The number of methoxy groups -OCH3 is 1. The van der Waals surface area contributed by atoms with E-state index in [-0.39, 0.29) is 59.5 Å². The zero-order valence-corrected chi connectivity index (χ0v) is 21.4. The molecule has 6 atom stereocenters. The maximum atomic E-state index is 12.8. The van der Waals surface area contributed by atoms with Crippen molar-refractivity contribution in [1.29, 1.82) is 0 Å². The predicted octanol–water partition coefficient (Wildman–Crippen LogP) is 3.63. The molecule has 1 spiro atoms. The zero-order chi connectivity index (χ0) is 24.5. The van der Waals surface area contributed by atoms with Crippen molar-refractivity contribution in [2.75, 3.05) is 13.7 Å². The second-order valence-electron chi connectivity index (χ2n) is 10.9. The minimum atomic E-state index is -0.387. The third-order valence-electron chi connectivity index (χ3n) is 8.23. The Bertz CT molecular complexity index is 784. The van der Waals surface area contributed by atoms with Gasteiger partial charge in [-0.15, -0.1) is 0 Å². The Kier molecular flexibility index (Phi) is 7.60. The van der Waals surface area contributed by atoms with Gasteiger partial charge in [-0.2, -0.15) is 0 Å². The molecule has 34 heavy (non-hydrogen) atoms. The molecule has 4 unspecified atom stereocenters. The molecule has 2 heterocycles. The van der Waals surface area contributed by atoms with Crippen LogP contribution in [0.3, 0.4) is 0 Å². The third kappa shape index (κ3) is 5.44. The van der Waals surface area contributed by atoms with Gasteiger partial charge in [0, 0.05) is 25.6 Å². The van der Waals surface area contributed by atoms with Crippen molar-refractivity contribution in [2.45, 2.75) is 121 Å². The zero-order valence-electron chi connectivity index (χ0n) is 21.4. The predicted molar refractivity (Wildman–Crippen MR) is 127 cm³/mol. The largest absolute Gasteiger partial charge is 0.443 e. The van der Waals surface area contributed by atoms with E-state index in [2.05, 4.69) is 37.5 Å². The van der Waals surface area contributed by atoms with E-state index in [1.165, 1.54) is 5.57 Å². The molecule has 2 N–H and O–H groups in total. The maximum absolute atomic E-state index is 12.8. The summed E-state index contributed by atoms with van der Waals surface area (Å²) in [5.74, 6) is 0.104. The summed E-state index contributed by atoms with van der Waals surface area (Å²) in [6, 6.07) is 0.269. The van der Waals surface area contributed by atoms with Gasteiger partial charge in [0.15, 0.2) is 0 Å². The molecule has 2 saturated carbocycles. The summed E-state index contributed by atoms with van der Waals surface area (Å²) in [7, 11) is 1.69. The number of carbonyl (C=O) groups excluding carboxylic acids is 2. The Morgan fingerprint density at radius 2 is 1.74 bits per heavy atom. The first-order valence-electron chi connectivity index (χ1n) is 12.9. The number of carbonyl (C=O) groups is 2. The average Bonchev–Trinajstić information content (AvgIpc) is 3.72. The lowest BCUT2D eigenvalue weighted by molar-refractivity contribution is -0.121. The van der Waals surface area contributed by atoms with E-state index >= 15 is 0 Å². The molecule has 4 aliphatic rings. The molecule has 0 aromatic rings. The molecule has 0 radical (unpaired) electrons. The highest BCUT2D eigenvalue weighted by Gasteiger charge is 2.72. The van der Waals surface area contributed by atoms with Crippen LogP contribution >= 0.6 is 0 Å². The van der Waals surface area contributed by atoms with Crippen LogP contribution in [0.2, 0.25) is 0 Å². The number of nitrogens with one attached hydrogen (secondary N) is 2. The van der Waals surface area contributed by atoms with Gasteiger partial charge < -0.3 is 29.6 Å². The summed E-state index contributed by atoms with van der Waals surface area (Å²) in [6.07, 6.45) is 7.66. The van der Waals surface area contributed by atoms with Gasteiger partial charge in [-0.25, -0.2) is 4.79 Å². The number of epoxide rings is 2. The van der Waals surface area contributed by atoms with Gasteiger partial charge in [0.1, 0.15) is 23.4 Å². The highest BCUT2D eigenvalue weighted by molar-refractivity contribution is 5.75. The van der Waals surface area contributed by atoms with Crippen LogP contribution in [0.4, 0.5) is 4.79 Å². The molecule has 2 saturated heterocycles. The van der Waals surface area contributed by atoms with E-state index in [1.807, 2.05) is 6.92 Å². The summed E-state index contributed by atoms with van der Waals surface area (Å²) >= 11 is 0. The van der Waals surface area contributed by atoms with Crippen molar-refractivity contribution in [2.24, 2.45) is 5.92 Å². The maximum Gasteiger partial charge on any atom is 0.407 e. The molecule has 0 bridgehead atoms. The van der Waals surface area contributed by atoms with Crippen LogP contribution < -0.4 is 10.6 Å². The Morgan fingerprint density at radius 1 is 1.09 bits per heavy atom. The molecule has 2 aliphatic heterocycles. The van der Waals surface area contributed by atoms with Crippen LogP contribution in [-0.4, -0.2) is 67.3 Å². The molecule has 192 valence electrons. The third-order valence-corrected chi connectivity index (χ3v) is 8.23. The Morgan fingerprint density at radius 3 is 2.29 bits per heavy atom. The molecule has 2 amide bonds. The normalized spacial score (nSPS) is 40.9. The standard InChI is InChI=1S/C26H42N2O6/c1-6-21(29)27-17-8-10-18(11-9-17)28-24(30)33-19-13-14-26(15-32-26)23(22(19)31-5)25(4)20(34-25)12-7-16(2)3/h7,17-20,22-23H,6,8-15H2,1-5H3,(H,27,29)(H,28,30)/t17-,18-,19?,20-,22?,23?,25?,26+/m1/s1. The van der Waals surface area contributed by atoms with E-state index in [0.29, 0.717) is 19.4 Å². The number of alkyl carbamates (subject to hydrolysis) is 1. The van der Waals surface area contributed by atoms with Crippen LogP contribution in [0.25, 0.3) is 0 Å². The number of hydrogen-bond donors (Lipinski definition) is 2. The number of hydrogen-bond acceptors (Lipinski definition) is 6. The molecule has 0 aromatic carbocycles. The minimum Gasteiger partial charge on any atom is -0.443 e. The summed E-state index contributed by atoms with van der Waals surface area (Å²) in [5.41, 5.74) is 0.706. The highest BCUT2D eigenvalue weighted by Crippen LogP contribution is 2.59. The van der Waals surface area contributed by atoms with Crippen molar-refractivity contribution in [3.63, 3.8) is 0 Å². The summed E-state index contributed by atoms with van der Waals surface area (Å²) in [6.45, 7) is 8.91. The number of ether oxygens (including phenoxy) is 4. The average molecular weight is 479 g/mol. The lowest BCUT2D eigenvalue weighted by Crippen LogP contribution is -2.56. The summed E-state index contributed by atoms with van der Waals surface area (Å²) < 4.78 is 24.1. The lowest BCUT2D eigenvalue weighted by Gasteiger charge is -2.42. The highest BCUT2D eigenvalue weighted by atomic mass is 16.6. The van der Waals surface area contributed by atoms with Gasteiger partial charge in [-0.05, 0) is 65.7 Å². The topological polar surface area (TPSA) is 102 Å². The second kappa shape index (κ2) is 10.2. The van der Waals surface area contributed by atoms with Crippen molar-refractivity contribution < 1.29 is 28.5 Å². The molecule has 8 heteroatoms. The molecular weight excluding hydrogens is 436 g/mol. The Balaban J connectivity index is 1.32. The SMILES string of the molecule is CCC(=O)N[C@H]1CC[C@H](NC(=O)OC2CC[C@]3(CO3)C(C3(C)O[C@@H]3CC=C(C)C)C2OC)CC1. The van der Waals surface area contributed by atoms with E-state index in [0.717, 1.165) is 38.5 Å². The molecule has 0 aromatic heterocycles. The second-order valence-corrected chi connectivity index (χ2v) is 10.9. The molecule has 2 aliphatic carbocycles. The molecule has 8 nitrogen and oxygen atoms in total. The first kappa shape index (κ1) is 25.5. The van der Waals surface area contributed by atoms with Crippen LogP contribution in [0.15, 0.2) is 11.6 Å². The first-order chi connectivity index (χ1) is 16.2. The van der Waals surface area contributed by atoms with Crippen molar-refractivity contribution in [3.05, 3.63) is 11.6 Å². The summed E-state index contributed by atoms with van der Waals surface area (Å²) in [5, 5.41) is 6.10. The van der Waals surface area contributed by atoms with E-state index < -0.39 is 0 Å². The first-order valence-corrected chi connectivity index (χ1v) is 12.9. The fourth-order valence-electron chi connectivity index (χ4n) is 6.12. The van der Waals surface area contributed by atoms with Gasteiger partial charge >= 0.3 is 6.09 Å².